The molecule has 0 aromatic carbocycles. The highest BCUT2D eigenvalue weighted by atomic mass is 16.6. The lowest BCUT2D eigenvalue weighted by Crippen LogP contribution is -2.34. The Balaban J connectivity index is 1.54. The molecule has 9 heteroatoms. The lowest BCUT2D eigenvalue weighted by molar-refractivity contribution is 0.101. The summed E-state index contributed by atoms with van der Waals surface area (Å²) in [5, 5.41) is 12.8. The van der Waals surface area contributed by atoms with Crippen molar-refractivity contribution in [2.45, 2.75) is 51.2 Å². The van der Waals surface area contributed by atoms with Gasteiger partial charge in [0.05, 0.1) is 18.6 Å². The molecule has 3 N–H and O–H groups in total. The molecule has 2 aromatic heterocycles. The van der Waals surface area contributed by atoms with Gasteiger partial charge >= 0.3 is 6.09 Å². The maximum Gasteiger partial charge on any atom is 0.407 e. The molecule has 26 heavy (non-hydrogen) atoms. The molecule has 0 aliphatic heterocycles. The van der Waals surface area contributed by atoms with Crippen molar-refractivity contribution in [1.29, 1.82) is 0 Å². The van der Waals surface area contributed by atoms with E-state index < -0.39 is 0 Å². The van der Waals surface area contributed by atoms with E-state index in [9.17, 15) is 9.59 Å². The maximum atomic E-state index is 12.2. The van der Waals surface area contributed by atoms with Crippen LogP contribution in [0.15, 0.2) is 18.6 Å². The Hall–Kier alpha value is -2.84. The van der Waals surface area contributed by atoms with Crippen LogP contribution < -0.4 is 10.6 Å². The summed E-state index contributed by atoms with van der Waals surface area (Å²) in [6, 6.07) is 1.93. The van der Waals surface area contributed by atoms with Crippen LogP contribution in [0.25, 0.3) is 0 Å². The molecule has 9 nitrogen and oxygen atoms in total. The monoisotopic (exact) mass is 360 g/mol. The second-order valence-electron chi connectivity index (χ2n) is 6.86. The van der Waals surface area contributed by atoms with Gasteiger partial charge in [0.2, 0.25) is 0 Å². The number of hydrogen-bond donors (Lipinski definition) is 3. The molecule has 1 aliphatic rings. The van der Waals surface area contributed by atoms with Gasteiger partial charge in [0.1, 0.15) is 5.69 Å². The number of aromatic amines is 1. The number of amides is 2. The number of aryl methyl sites for hydroxylation is 1. The van der Waals surface area contributed by atoms with Crippen LogP contribution in [-0.4, -0.2) is 43.9 Å². The van der Waals surface area contributed by atoms with Crippen LogP contribution in [0.3, 0.4) is 0 Å². The van der Waals surface area contributed by atoms with Crippen LogP contribution in [0, 0.1) is 0 Å². The van der Waals surface area contributed by atoms with Crippen molar-refractivity contribution < 1.29 is 14.3 Å². The Morgan fingerprint density at radius 2 is 2.19 bits per heavy atom. The molecule has 1 saturated carbocycles. The number of rotatable bonds is 5. The Kier molecular flexibility index (Phi) is 5.24. The lowest BCUT2D eigenvalue weighted by Gasteiger charge is -2.14. The van der Waals surface area contributed by atoms with Crippen molar-refractivity contribution in [3.63, 3.8) is 0 Å². The Morgan fingerprint density at radius 1 is 1.38 bits per heavy atom. The number of nitrogens with zero attached hydrogens (tertiary/aromatic N) is 3. The maximum absolute atomic E-state index is 12.2. The van der Waals surface area contributed by atoms with E-state index in [0.29, 0.717) is 11.5 Å². The molecule has 0 spiro atoms. The first kappa shape index (κ1) is 18.0. The average Bonchev–Trinajstić information content (AvgIpc) is 3.27. The molecular formula is C17H24N6O3. The van der Waals surface area contributed by atoms with Crippen LogP contribution >= 0.6 is 0 Å². The molecular weight excluding hydrogens is 336 g/mol. The van der Waals surface area contributed by atoms with Gasteiger partial charge in [-0.25, -0.2) is 9.78 Å². The van der Waals surface area contributed by atoms with Crippen LogP contribution in [0.2, 0.25) is 0 Å². The fraction of sp³-hybridized carbons (Fsp3) is 0.529. The number of anilines is 1. The van der Waals surface area contributed by atoms with E-state index in [1.807, 2.05) is 19.9 Å². The SMILES string of the molecule is CC(C)OC(=O)N[C@@H]1CC[C@H](c2cc(NC(=O)c3cncn3C)n[nH]2)C1. The van der Waals surface area contributed by atoms with E-state index in [-0.39, 0.29) is 30.1 Å². The van der Waals surface area contributed by atoms with E-state index in [1.165, 1.54) is 6.20 Å². The molecule has 1 fully saturated rings. The first-order valence-corrected chi connectivity index (χ1v) is 8.72. The highest BCUT2D eigenvalue weighted by molar-refractivity contribution is 6.02. The first-order chi connectivity index (χ1) is 12.4. The quantitative estimate of drug-likeness (QED) is 0.756. The molecule has 2 atom stereocenters. The number of ether oxygens (including phenoxy) is 1. The van der Waals surface area contributed by atoms with Gasteiger partial charge < -0.3 is 19.9 Å². The third-order valence-electron chi connectivity index (χ3n) is 4.43. The second-order valence-corrected chi connectivity index (χ2v) is 6.86. The van der Waals surface area contributed by atoms with Crippen molar-refractivity contribution in [3.8, 4) is 0 Å². The Labute approximate surface area is 151 Å². The molecule has 1 aliphatic carbocycles. The number of imidazole rings is 1. The number of H-pyrrole nitrogens is 1. The fourth-order valence-corrected chi connectivity index (χ4v) is 3.18. The van der Waals surface area contributed by atoms with Gasteiger partial charge in [-0.1, -0.05) is 0 Å². The first-order valence-electron chi connectivity index (χ1n) is 8.72. The number of carbonyl (C=O) groups is 2. The average molecular weight is 360 g/mol. The third-order valence-corrected chi connectivity index (χ3v) is 4.43. The molecule has 2 aromatic rings. The van der Waals surface area contributed by atoms with Gasteiger partial charge in [0.25, 0.3) is 5.91 Å². The van der Waals surface area contributed by atoms with Crippen molar-refractivity contribution in [1.82, 2.24) is 25.1 Å². The lowest BCUT2D eigenvalue weighted by atomic mass is 10.0. The zero-order valence-electron chi connectivity index (χ0n) is 15.2. The number of alkyl carbamates (subject to hydrolysis) is 1. The van der Waals surface area contributed by atoms with E-state index >= 15 is 0 Å². The standard InChI is InChI=1S/C17H24N6O3/c1-10(2)26-17(25)19-12-5-4-11(6-12)13-7-15(22-21-13)20-16(24)14-8-18-9-23(14)3/h7-12H,4-6H2,1-3H3,(H,19,25)(H2,20,21,22,24)/t11-,12+/m0/s1. The number of nitrogens with one attached hydrogen (secondary N) is 3. The molecule has 2 heterocycles. The summed E-state index contributed by atoms with van der Waals surface area (Å²) in [6.45, 7) is 3.64. The van der Waals surface area contributed by atoms with Crippen LogP contribution in [-0.2, 0) is 11.8 Å². The van der Waals surface area contributed by atoms with Gasteiger partial charge in [0.15, 0.2) is 5.82 Å². The van der Waals surface area contributed by atoms with Crippen molar-refractivity contribution in [2.75, 3.05) is 5.32 Å². The van der Waals surface area contributed by atoms with Gasteiger partial charge in [-0.15, -0.1) is 0 Å². The van der Waals surface area contributed by atoms with Crippen molar-refractivity contribution >= 4 is 17.8 Å². The largest absolute Gasteiger partial charge is 0.447 e. The number of aromatic nitrogens is 4. The molecule has 3 rings (SSSR count). The van der Waals surface area contributed by atoms with E-state index in [4.69, 9.17) is 4.74 Å². The van der Waals surface area contributed by atoms with Crippen molar-refractivity contribution in [2.24, 2.45) is 7.05 Å². The number of hydrogen-bond acceptors (Lipinski definition) is 5. The highest BCUT2D eigenvalue weighted by Crippen LogP contribution is 2.34. The normalized spacial score (nSPS) is 19.5. The Morgan fingerprint density at radius 3 is 2.88 bits per heavy atom. The minimum Gasteiger partial charge on any atom is -0.447 e. The molecule has 140 valence electrons. The summed E-state index contributed by atoms with van der Waals surface area (Å²) in [5.41, 5.74) is 1.41. The summed E-state index contributed by atoms with van der Waals surface area (Å²) in [4.78, 5) is 27.8. The second kappa shape index (κ2) is 7.59. The smallest absolute Gasteiger partial charge is 0.407 e. The van der Waals surface area contributed by atoms with Gasteiger partial charge in [-0.05, 0) is 33.1 Å². The van der Waals surface area contributed by atoms with Gasteiger partial charge in [-0.3, -0.25) is 9.89 Å². The summed E-state index contributed by atoms with van der Waals surface area (Å²) < 4.78 is 6.77. The van der Waals surface area contributed by atoms with E-state index in [1.54, 1.807) is 17.9 Å². The van der Waals surface area contributed by atoms with Gasteiger partial charge in [-0.2, -0.15) is 5.10 Å². The number of carbonyl (C=O) groups excluding carboxylic acids is 2. The molecule has 0 bridgehead atoms. The van der Waals surface area contributed by atoms with Gasteiger partial charge in [0, 0.05) is 30.8 Å². The van der Waals surface area contributed by atoms with Crippen LogP contribution in [0.4, 0.5) is 10.6 Å². The summed E-state index contributed by atoms with van der Waals surface area (Å²) in [5.74, 6) is 0.474. The fourth-order valence-electron chi connectivity index (χ4n) is 3.18. The predicted octanol–water partition coefficient (Wildman–Crippen LogP) is 2.17. The molecule has 2 amide bonds. The predicted molar refractivity (Wildman–Crippen MR) is 94.9 cm³/mol. The molecule has 0 saturated heterocycles. The molecule has 0 radical (unpaired) electrons. The minimum atomic E-state index is -0.376. The summed E-state index contributed by atoms with van der Waals surface area (Å²) >= 11 is 0. The zero-order valence-corrected chi connectivity index (χ0v) is 15.2. The topological polar surface area (TPSA) is 114 Å². The molecule has 0 unspecified atom stereocenters. The minimum absolute atomic E-state index is 0.0852. The zero-order chi connectivity index (χ0) is 18.7. The summed E-state index contributed by atoms with van der Waals surface area (Å²) in [7, 11) is 1.76. The van der Waals surface area contributed by atoms with Crippen molar-refractivity contribution in [3.05, 3.63) is 30.0 Å². The van der Waals surface area contributed by atoms with E-state index in [0.717, 1.165) is 25.0 Å². The highest BCUT2D eigenvalue weighted by Gasteiger charge is 2.29. The summed E-state index contributed by atoms with van der Waals surface area (Å²) in [6.07, 6.45) is 5.19. The van der Waals surface area contributed by atoms with Crippen LogP contribution in [0.5, 0.6) is 0 Å². The Bertz CT molecular complexity index is 781. The van der Waals surface area contributed by atoms with E-state index in [2.05, 4.69) is 25.8 Å². The third kappa shape index (κ3) is 4.22. The van der Waals surface area contributed by atoms with Crippen LogP contribution in [0.1, 0.15) is 55.2 Å².